The molecule has 1 saturated carbocycles. The van der Waals surface area contributed by atoms with Crippen LogP contribution in [0.25, 0.3) is 10.9 Å². The number of Topliss-reactive ketones (excluding diaryl/α,β-unsaturated/α-hetero) is 1. The zero-order valence-corrected chi connectivity index (χ0v) is 13.1. The number of hydrogen-bond donors (Lipinski definition) is 1. The Morgan fingerprint density at radius 2 is 2.09 bits per heavy atom. The minimum atomic E-state index is -1.29. The molecule has 4 rings (SSSR count). The van der Waals surface area contributed by atoms with E-state index in [1.54, 1.807) is 11.0 Å². The van der Waals surface area contributed by atoms with Crippen LogP contribution >= 0.6 is 0 Å². The standard InChI is InChI=1S/C17H20N4O2/c1-11(22)17(16(18)23)9-12-6-4-8-14(12)20(17)21-15-7-3-2-5-13(15)10-19-21/h2-3,5,7,10,12,14H,4,6,8-9H2,1H3,(H2,18,23). The lowest BCUT2D eigenvalue weighted by atomic mass is 9.87. The summed E-state index contributed by atoms with van der Waals surface area (Å²) in [5.41, 5.74) is 5.34. The van der Waals surface area contributed by atoms with Crippen molar-refractivity contribution < 1.29 is 9.59 Å². The third kappa shape index (κ3) is 1.77. The van der Waals surface area contributed by atoms with Gasteiger partial charge >= 0.3 is 0 Å². The van der Waals surface area contributed by atoms with Crippen molar-refractivity contribution in [2.75, 3.05) is 5.01 Å². The maximum Gasteiger partial charge on any atom is 0.252 e. The van der Waals surface area contributed by atoms with Crippen molar-refractivity contribution in [1.29, 1.82) is 0 Å². The summed E-state index contributed by atoms with van der Waals surface area (Å²) in [6.45, 7) is 1.46. The van der Waals surface area contributed by atoms with Crippen LogP contribution in [0.15, 0.2) is 30.5 Å². The molecular weight excluding hydrogens is 292 g/mol. The zero-order valence-electron chi connectivity index (χ0n) is 13.1. The summed E-state index contributed by atoms with van der Waals surface area (Å²) in [6.07, 6.45) is 5.36. The molecule has 0 bridgehead atoms. The first-order valence-corrected chi connectivity index (χ1v) is 8.09. The second-order valence-electron chi connectivity index (χ2n) is 6.68. The van der Waals surface area contributed by atoms with E-state index in [0.29, 0.717) is 12.3 Å². The van der Waals surface area contributed by atoms with Gasteiger partial charge in [0.15, 0.2) is 11.3 Å². The van der Waals surface area contributed by atoms with Crippen molar-refractivity contribution in [1.82, 2.24) is 9.89 Å². The van der Waals surface area contributed by atoms with E-state index in [1.165, 1.54) is 6.92 Å². The molecule has 23 heavy (non-hydrogen) atoms. The van der Waals surface area contributed by atoms with E-state index in [0.717, 1.165) is 30.2 Å². The number of rotatable bonds is 3. The van der Waals surface area contributed by atoms with Gasteiger partial charge in [-0.05, 0) is 38.2 Å². The number of carbonyl (C=O) groups excluding carboxylic acids is 2. The third-order valence-electron chi connectivity index (χ3n) is 5.53. The van der Waals surface area contributed by atoms with Crippen molar-refractivity contribution >= 4 is 22.6 Å². The molecule has 1 amide bonds. The molecule has 6 nitrogen and oxygen atoms in total. The number of ketones is 1. The Kier molecular flexibility index (Phi) is 2.98. The number of amides is 1. The Hall–Kier alpha value is -2.37. The van der Waals surface area contributed by atoms with Gasteiger partial charge in [0.05, 0.1) is 17.8 Å². The molecule has 6 heteroatoms. The van der Waals surface area contributed by atoms with Crippen molar-refractivity contribution in [3.05, 3.63) is 30.5 Å². The van der Waals surface area contributed by atoms with Crippen molar-refractivity contribution in [2.45, 2.75) is 44.2 Å². The molecule has 2 aromatic rings. The number of fused-ring (bicyclic) bond motifs is 2. The number of benzene rings is 1. The zero-order chi connectivity index (χ0) is 16.2. The van der Waals surface area contributed by atoms with Gasteiger partial charge in [0, 0.05) is 5.39 Å². The molecule has 1 aromatic heterocycles. The molecule has 2 aliphatic rings. The van der Waals surface area contributed by atoms with E-state index >= 15 is 0 Å². The van der Waals surface area contributed by atoms with E-state index in [9.17, 15) is 9.59 Å². The molecule has 1 aliphatic heterocycles. The summed E-state index contributed by atoms with van der Waals surface area (Å²) in [6, 6.07) is 7.94. The summed E-state index contributed by atoms with van der Waals surface area (Å²) in [4.78, 5) is 26.6. The molecule has 3 atom stereocenters. The van der Waals surface area contributed by atoms with Crippen LogP contribution in [-0.2, 0) is 9.59 Å². The molecule has 0 spiro atoms. The van der Waals surface area contributed by atoms with Gasteiger partial charge < -0.3 is 5.73 Å². The summed E-state index contributed by atoms with van der Waals surface area (Å²) >= 11 is 0. The molecule has 2 fully saturated rings. The largest absolute Gasteiger partial charge is 0.367 e. The second kappa shape index (κ2) is 4.81. The molecule has 1 aliphatic carbocycles. The Labute approximate surface area is 134 Å². The van der Waals surface area contributed by atoms with Crippen LogP contribution in [0.1, 0.15) is 32.6 Å². The first-order valence-electron chi connectivity index (χ1n) is 8.09. The predicted octanol–water partition coefficient (Wildman–Crippen LogP) is 1.36. The highest BCUT2D eigenvalue weighted by molar-refractivity contribution is 6.11. The molecule has 1 saturated heterocycles. The highest BCUT2D eigenvalue weighted by Gasteiger charge is 2.60. The summed E-state index contributed by atoms with van der Waals surface area (Å²) < 4.78 is 0. The van der Waals surface area contributed by atoms with E-state index in [1.807, 2.05) is 29.3 Å². The number of nitrogens with zero attached hydrogens (tertiary/aromatic N) is 3. The van der Waals surface area contributed by atoms with Gasteiger partial charge in [-0.25, -0.2) is 0 Å². The summed E-state index contributed by atoms with van der Waals surface area (Å²) in [5, 5.41) is 7.34. The maximum absolute atomic E-state index is 12.5. The number of carbonyl (C=O) groups is 2. The van der Waals surface area contributed by atoms with Crippen LogP contribution in [0, 0.1) is 5.92 Å². The van der Waals surface area contributed by atoms with Crippen LogP contribution in [0.2, 0.25) is 0 Å². The number of hydrogen-bond acceptors (Lipinski definition) is 4. The number of primary amides is 1. The normalized spacial score (nSPS) is 29.9. The smallest absolute Gasteiger partial charge is 0.252 e. The molecule has 2 heterocycles. The molecule has 2 N–H and O–H groups in total. The van der Waals surface area contributed by atoms with Gasteiger partial charge in [0.1, 0.15) is 0 Å². The average molecular weight is 312 g/mol. The first kappa shape index (κ1) is 14.2. The Balaban J connectivity index is 1.94. The van der Waals surface area contributed by atoms with Crippen LogP contribution in [-0.4, -0.2) is 33.2 Å². The SMILES string of the molecule is CC(=O)C1(C(N)=O)CC2CCCC2N1n1ncc2ccccc21. The maximum atomic E-state index is 12.5. The van der Waals surface area contributed by atoms with Crippen LogP contribution in [0.3, 0.4) is 0 Å². The predicted molar refractivity (Wildman–Crippen MR) is 86.3 cm³/mol. The van der Waals surface area contributed by atoms with E-state index in [4.69, 9.17) is 5.73 Å². The highest BCUT2D eigenvalue weighted by atomic mass is 16.2. The van der Waals surface area contributed by atoms with Crippen molar-refractivity contribution in [3.8, 4) is 0 Å². The lowest BCUT2D eigenvalue weighted by Crippen LogP contribution is -2.64. The number of aromatic nitrogens is 2. The van der Waals surface area contributed by atoms with Gasteiger partial charge in [-0.2, -0.15) is 9.89 Å². The van der Waals surface area contributed by atoms with Crippen molar-refractivity contribution in [2.24, 2.45) is 11.7 Å². The molecule has 0 radical (unpaired) electrons. The van der Waals surface area contributed by atoms with Gasteiger partial charge in [-0.1, -0.05) is 24.6 Å². The first-order chi connectivity index (χ1) is 11.1. The monoisotopic (exact) mass is 312 g/mol. The van der Waals surface area contributed by atoms with Crippen LogP contribution in [0.5, 0.6) is 0 Å². The second-order valence-corrected chi connectivity index (χ2v) is 6.68. The van der Waals surface area contributed by atoms with Gasteiger partial charge in [-0.3, -0.25) is 14.6 Å². The molecule has 120 valence electrons. The van der Waals surface area contributed by atoms with E-state index in [-0.39, 0.29) is 11.8 Å². The summed E-state index contributed by atoms with van der Waals surface area (Å²) in [7, 11) is 0. The Bertz CT molecular complexity index is 783. The summed E-state index contributed by atoms with van der Waals surface area (Å²) in [5.74, 6) is -0.452. The van der Waals surface area contributed by atoms with Gasteiger partial charge in [0.25, 0.3) is 5.91 Å². The Morgan fingerprint density at radius 3 is 2.83 bits per heavy atom. The lowest BCUT2D eigenvalue weighted by Gasteiger charge is -2.38. The van der Waals surface area contributed by atoms with Crippen molar-refractivity contribution in [3.63, 3.8) is 0 Å². The number of nitrogens with two attached hydrogens (primary N) is 1. The van der Waals surface area contributed by atoms with Crippen LogP contribution in [0.4, 0.5) is 0 Å². The topological polar surface area (TPSA) is 81.2 Å². The minimum absolute atomic E-state index is 0.134. The molecular formula is C17H20N4O2. The van der Waals surface area contributed by atoms with E-state index in [2.05, 4.69) is 5.10 Å². The Morgan fingerprint density at radius 1 is 1.30 bits per heavy atom. The molecule has 3 unspecified atom stereocenters. The minimum Gasteiger partial charge on any atom is -0.367 e. The van der Waals surface area contributed by atoms with Gasteiger partial charge in [0.2, 0.25) is 0 Å². The fourth-order valence-electron chi connectivity index (χ4n) is 4.46. The molecule has 1 aromatic carbocycles. The lowest BCUT2D eigenvalue weighted by molar-refractivity contribution is -0.133. The average Bonchev–Trinajstić information content (AvgIpc) is 3.18. The van der Waals surface area contributed by atoms with Gasteiger partial charge in [-0.15, -0.1) is 0 Å². The fourth-order valence-corrected chi connectivity index (χ4v) is 4.46. The highest BCUT2D eigenvalue weighted by Crippen LogP contribution is 2.46. The van der Waals surface area contributed by atoms with Crippen LogP contribution < -0.4 is 10.7 Å². The van der Waals surface area contributed by atoms with E-state index < -0.39 is 11.4 Å². The fraction of sp³-hybridized carbons (Fsp3) is 0.471. The third-order valence-corrected chi connectivity index (χ3v) is 5.53. The number of para-hydroxylation sites is 1. The quantitative estimate of drug-likeness (QED) is 0.868.